The van der Waals surface area contributed by atoms with Gasteiger partial charge in [0.1, 0.15) is 11.5 Å². The number of anilines is 2. The van der Waals surface area contributed by atoms with Crippen molar-refractivity contribution in [1.82, 2.24) is 9.80 Å². The van der Waals surface area contributed by atoms with E-state index in [0.29, 0.717) is 42.8 Å². The van der Waals surface area contributed by atoms with Crippen LogP contribution in [0.15, 0.2) is 42.5 Å². The summed E-state index contributed by atoms with van der Waals surface area (Å²) in [5.41, 5.74) is 3.75. The van der Waals surface area contributed by atoms with Crippen molar-refractivity contribution in [3.63, 3.8) is 0 Å². The molecule has 0 spiro atoms. The first-order valence-corrected chi connectivity index (χ1v) is 12.3. The maximum absolute atomic E-state index is 14.9. The van der Waals surface area contributed by atoms with E-state index in [1.165, 1.54) is 17.2 Å². The predicted octanol–water partition coefficient (Wildman–Crippen LogP) is 5.22. The van der Waals surface area contributed by atoms with Crippen LogP contribution >= 0.6 is 0 Å². The highest BCUT2D eigenvalue weighted by Crippen LogP contribution is 2.40. The van der Waals surface area contributed by atoms with Gasteiger partial charge in [-0.3, -0.25) is 4.90 Å². The Labute approximate surface area is 196 Å². The smallest absolute Gasteiger partial charge is 0.321 e. The van der Waals surface area contributed by atoms with Crippen LogP contribution in [0.1, 0.15) is 50.2 Å². The molecule has 3 aliphatic heterocycles. The molecule has 2 bridgehead atoms. The number of piperidine rings is 1. The highest BCUT2D eigenvalue weighted by molar-refractivity contribution is 5.93. The van der Waals surface area contributed by atoms with Gasteiger partial charge in [-0.2, -0.15) is 0 Å². The quantitative estimate of drug-likeness (QED) is 0.694. The van der Waals surface area contributed by atoms with Crippen LogP contribution in [0, 0.1) is 12.7 Å². The van der Waals surface area contributed by atoms with Gasteiger partial charge in [0.05, 0.1) is 5.69 Å². The van der Waals surface area contributed by atoms with Crippen molar-refractivity contribution in [3.8, 4) is 0 Å². The largest absolute Gasteiger partial charge is 0.364 e. The van der Waals surface area contributed by atoms with Crippen LogP contribution in [0.25, 0.3) is 0 Å². The zero-order chi connectivity index (χ0) is 23.1. The molecule has 176 valence electrons. The molecule has 0 aromatic heterocycles. The van der Waals surface area contributed by atoms with Gasteiger partial charge in [0.25, 0.3) is 0 Å². The van der Waals surface area contributed by atoms with Gasteiger partial charge in [0, 0.05) is 44.3 Å². The maximum Gasteiger partial charge on any atom is 0.321 e. The number of piperazine rings is 1. The second-order valence-corrected chi connectivity index (χ2v) is 10.2. The summed E-state index contributed by atoms with van der Waals surface area (Å²) in [6.07, 6.45) is 2.97. The molecule has 2 amide bonds. The summed E-state index contributed by atoms with van der Waals surface area (Å²) < 4.78 is 14.9. The van der Waals surface area contributed by atoms with E-state index in [2.05, 4.69) is 60.2 Å². The Morgan fingerprint density at radius 3 is 2.39 bits per heavy atom. The lowest BCUT2D eigenvalue weighted by Crippen LogP contribution is -2.49. The van der Waals surface area contributed by atoms with Crippen molar-refractivity contribution in [3.05, 3.63) is 59.4 Å². The van der Waals surface area contributed by atoms with Crippen LogP contribution in [-0.2, 0) is 0 Å². The molecular weight excluding hydrogens is 415 g/mol. The molecule has 3 aliphatic rings. The Balaban J connectivity index is 1.25. The van der Waals surface area contributed by atoms with Gasteiger partial charge >= 0.3 is 6.03 Å². The van der Waals surface area contributed by atoms with Crippen molar-refractivity contribution in [2.45, 2.75) is 64.1 Å². The first kappa shape index (κ1) is 22.2. The number of carbonyl (C=O) groups is 1. The normalized spacial score (nSPS) is 23.5. The average Bonchev–Trinajstić information content (AvgIpc) is 3.42. The van der Waals surface area contributed by atoms with Crippen LogP contribution in [0.3, 0.4) is 0 Å². The number of benzene rings is 2. The Hall–Kier alpha value is -2.60. The summed E-state index contributed by atoms with van der Waals surface area (Å²) in [6, 6.07) is 15.0. The number of likely N-dealkylation sites (tertiary alicyclic amines) is 2. The number of amides is 2. The average molecular weight is 451 g/mol. The summed E-state index contributed by atoms with van der Waals surface area (Å²) in [4.78, 5) is 19.8. The van der Waals surface area contributed by atoms with Gasteiger partial charge in [0.2, 0.25) is 0 Å². The second-order valence-electron chi connectivity index (χ2n) is 10.2. The topological polar surface area (TPSA) is 38.8 Å². The van der Waals surface area contributed by atoms with Crippen LogP contribution in [0.5, 0.6) is 0 Å². The number of hydrogen-bond acceptors (Lipinski definition) is 3. The number of halogens is 1. The van der Waals surface area contributed by atoms with Crippen LogP contribution in [-0.4, -0.2) is 60.1 Å². The zero-order valence-electron chi connectivity index (χ0n) is 19.9. The molecule has 0 unspecified atom stereocenters. The Kier molecular flexibility index (Phi) is 6.04. The molecule has 5 nitrogen and oxygen atoms in total. The molecule has 0 radical (unpaired) electrons. The van der Waals surface area contributed by atoms with E-state index in [4.69, 9.17) is 0 Å². The Morgan fingerprint density at radius 1 is 1.03 bits per heavy atom. The minimum atomic E-state index is -0.362. The molecular formula is C27H35FN4O. The van der Waals surface area contributed by atoms with Gasteiger partial charge in [-0.05, 0) is 63.6 Å². The van der Waals surface area contributed by atoms with E-state index in [1.54, 1.807) is 6.07 Å². The molecule has 0 saturated carbocycles. The third-order valence-corrected chi connectivity index (χ3v) is 7.81. The molecule has 3 fully saturated rings. The van der Waals surface area contributed by atoms with Gasteiger partial charge < -0.3 is 15.1 Å². The molecule has 2 atom stereocenters. The predicted molar refractivity (Wildman–Crippen MR) is 132 cm³/mol. The van der Waals surface area contributed by atoms with Crippen LogP contribution in [0.4, 0.5) is 20.6 Å². The van der Waals surface area contributed by atoms with Crippen LogP contribution < -0.4 is 10.2 Å². The van der Waals surface area contributed by atoms with Gasteiger partial charge in [-0.1, -0.05) is 35.9 Å². The lowest BCUT2D eigenvalue weighted by atomic mass is 9.89. The van der Waals surface area contributed by atoms with E-state index in [0.717, 1.165) is 38.0 Å². The zero-order valence-corrected chi connectivity index (χ0v) is 19.9. The number of rotatable bonds is 4. The summed E-state index contributed by atoms with van der Waals surface area (Å²) in [6.45, 7) is 9.83. The monoisotopic (exact) mass is 450 g/mol. The standard InChI is InChI=1S/C27H35FN4O/c1-18(2)31-16-23-15-22(31)17-32(23)25-6-4-5-24(28)26(25)29-27(33)30-13-11-21(12-14-30)20-9-7-19(3)8-10-20/h4-10,18,21-23H,11-17H2,1-3H3,(H,29,33)/t22-,23-/m1/s1. The SMILES string of the molecule is Cc1ccc(C2CCN(C(=O)Nc3c(F)cccc3N3C[C@H]4C[C@@H]3CN4C(C)C)CC2)cc1. The van der Waals surface area contributed by atoms with Gasteiger partial charge in [-0.25, -0.2) is 9.18 Å². The lowest BCUT2D eigenvalue weighted by molar-refractivity contribution is 0.191. The number of nitrogens with one attached hydrogen (secondary N) is 1. The number of carbonyl (C=O) groups excluding carboxylic acids is 1. The molecule has 33 heavy (non-hydrogen) atoms. The number of para-hydroxylation sites is 1. The van der Waals surface area contributed by atoms with Crippen LogP contribution in [0.2, 0.25) is 0 Å². The molecule has 6 heteroatoms. The van der Waals surface area contributed by atoms with Crippen molar-refractivity contribution < 1.29 is 9.18 Å². The van der Waals surface area contributed by atoms with E-state index in [1.807, 2.05) is 11.0 Å². The van der Waals surface area contributed by atoms with E-state index in [-0.39, 0.29) is 11.8 Å². The van der Waals surface area contributed by atoms with Gasteiger partial charge in [-0.15, -0.1) is 0 Å². The summed E-state index contributed by atoms with van der Waals surface area (Å²) in [7, 11) is 0. The number of hydrogen-bond donors (Lipinski definition) is 1. The third-order valence-electron chi connectivity index (χ3n) is 7.81. The summed E-state index contributed by atoms with van der Waals surface area (Å²) in [5.74, 6) is 0.113. The third kappa shape index (κ3) is 4.33. The number of fused-ring (bicyclic) bond motifs is 2. The van der Waals surface area contributed by atoms with E-state index in [9.17, 15) is 9.18 Å². The second kappa shape index (κ2) is 8.98. The van der Waals surface area contributed by atoms with Crippen molar-refractivity contribution in [1.29, 1.82) is 0 Å². The number of urea groups is 1. The molecule has 2 aromatic rings. The molecule has 5 rings (SSSR count). The maximum atomic E-state index is 14.9. The van der Waals surface area contributed by atoms with E-state index < -0.39 is 0 Å². The molecule has 2 aromatic carbocycles. The molecule has 3 saturated heterocycles. The van der Waals surface area contributed by atoms with E-state index >= 15 is 0 Å². The first-order valence-electron chi connectivity index (χ1n) is 12.3. The Morgan fingerprint density at radius 2 is 1.76 bits per heavy atom. The fourth-order valence-corrected chi connectivity index (χ4v) is 5.94. The molecule has 1 N–H and O–H groups in total. The lowest BCUT2D eigenvalue weighted by Gasteiger charge is -2.38. The highest BCUT2D eigenvalue weighted by atomic mass is 19.1. The van der Waals surface area contributed by atoms with Crippen molar-refractivity contribution in [2.75, 3.05) is 36.4 Å². The fraction of sp³-hybridized carbons (Fsp3) is 0.519. The number of nitrogens with zero attached hydrogens (tertiary/aromatic N) is 3. The Bertz CT molecular complexity index is 1000. The molecule has 3 heterocycles. The molecule has 0 aliphatic carbocycles. The summed E-state index contributed by atoms with van der Waals surface area (Å²) >= 11 is 0. The minimum absolute atomic E-state index is 0.197. The van der Waals surface area contributed by atoms with Crippen molar-refractivity contribution >= 4 is 17.4 Å². The first-order chi connectivity index (χ1) is 15.9. The van der Waals surface area contributed by atoms with Crippen molar-refractivity contribution in [2.24, 2.45) is 0 Å². The summed E-state index contributed by atoms with van der Waals surface area (Å²) in [5, 5.41) is 2.94. The van der Waals surface area contributed by atoms with Gasteiger partial charge in [0.15, 0.2) is 0 Å². The number of aryl methyl sites for hydroxylation is 1. The minimum Gasteiger partial charge on any atom is -0.364 e. The highest BCUT2D eigenvalue weighted by Gasteiger charge is 2.44. The fourth-order valence-electron chi connectivity index (χ4n) is 5.94.